The van der Waals surface area contributed by atoms with Crippen molar-refractivity contribution in [2.75, 3.05) is 0 Å². The number of hydrogen-bond donors (Lipinski definition) is 1. The average Bonchev–Trinajstić information content (AvgIpc) is 3.14. The number of hydrogen-bond acceptors (Lipinski definition) is 4. The molecule has 0 saturated heterocycles. The van der Waals surface area contributed by atoms with Crippen molar-refractivity contribution in [1.82, 2.24) is 20.2 Å². The second kappa shape index (κ2) is 3.80. The van der Waals surface area contributed by atoms with Crippen LogP contribution < -0.4 is 5.73 Å². The quantitative estimate of drug-likeness (QED) is 0.809. The summed E-state index contributed by atoms with van der Waals surface area (Å²) in [6.07, 6.45) is 5.60. The van der Waals surface area contributed by atoms with Crippen LogP contribution in [0.15, 0.2) is 0 Å². The summed E-state index contributed by atoms with van der Waals surface area (Å²) in [6.45, 7) is 2.91. The van der Waals surface area contributed by atoms with Gasteiger partial charge in [-0.3, -0.25) is 0 Å². The van der Waals surface area contributed by atoms with E-state index in [1.165, 1.54) is 25.7 Å². The number of aromatic nitrogens is 4. The monoisotopic (exact) mass is 221 g/mol. The van der Waals surface area contributed by atoms with E-state index in [0.717, 1.165) is 30.1 Å². The van der Waals surface area contributed by atoms with Crippen LogP contribution in [-0.4, -0.2) is 20.2 Å². The molecule has 1 heterocycles. The molecule has 2 saturated carbocycles. The fourth-order valence-electron chi connectivity index (χ4n) is 2.60. The summed E-state index contributed by atoms with van der Waals surface area (Å²) >= 11 is 0. The fraction of sp³-hybridized carbons (Fsp3) is 0.909. The molecule has 1 atom stereocenters. The third-order valence-corrected chi connectivity index (χ3v) is 3.81. The first-order valence-electron chi connectivity index (χ1n) is 6.27. The van der Waals surface area contributed by atoms with Crippen molar-refractivity contribution >= 4 is 0 Å². The molecule has 0 bridgehead atoms. The van der Waals surface area contributed by atoms with E-state index in [9.17, 15) is 0 Å². The van der Waals surface area contributed by atoms with Crippen molar-refractivity contribution in [3.63, 3.8) is 0 Å². The smallest absolute Gasteiger partial charge is 0.167 e. The Morgan fingerprint density at radius 1 is 1.31 bits per heavy atom. The van der Waals surface area contributed by atoms with Gasteiger partial charge < -0.3 is 5.73 Å². The summed E-state index contributed by atoms with van der Waals surface area (Å²) in [6, 6.07) is -0.0749. The fourth-order valence-corrected chi connectivity index (χ4v) is 2.60. The van der Waals surface area contributed by atoms with Crippen LogP contribution in [-0.2, 0) is 6.54 Å². The van der Waals surface area contributed by atoms with Gasteiger partial charge in [-0.1, -0.05) is 0 Å². The van der Waals surface area contributed by atoms with Crippen molar-refractivity contribution < 1.29 is 0 Å². The molecule has 2 N–H and O–H groups in total. The second-order valence-corrected chi connectivity index (χ2v) is 5.35. The Hall–Kier alpha value is -0.970. The van der Waals surface area contributed by atoms with Crippen molar-refractivity contribution in [1.29, 1.82) is 0 Å². The van der Waals surface area contributed by atoms with E-state index >= 15 is 0 Å². The highest BCUT2D eigenvalue weighted by Crippen LogP contribution is 2.49. The Balaban J connectivity index is 1.73. The van der Waals surface area contributed by atoms with Crippen LogP contribution in [0.1, 0.15) is 44.5 Å². The summed E-state index contributed by atoms with van der Waals surface area (Å²) in [5.41, 5.74) is 5.85. The summed E-state index contributed by atoms with van der Waals surface area (Å²) in [5, 5.41) is 11.8. The first kappa shape index (κ1) is 10.2. The lowest BCUT2D eigenvalue weighted by molar-refractivity contribution is 0.322. The van der Waals surface area contributed by atoms with Crippen molar-refractivity contribution in [2.45, 2.75) is 45.2 Å². The molecule has 1 aromatic rings. The molecule has 0 spiro atoms. The lowest BCUT2D eigenvalue weighted by Crippen LogP contribution is -2.21. The van der Waals surface area contributed by atoms with E-state index in [-0.39, 0.29) is 6.04 Å². The Morgan fingerprint density at radius 2 is 1.94 bits per heavy atom. The van der Waals surface area contributed by atoms with Gasteiger partial charge >= 0.3 is 0 Å². The van der Waals surface area contributed by atoms with E-state index in [0.29, 0.717) is 0 Å². The lowest BCUT2D eigenvalue weighted by atomic mass is 9.98. The molecule has 3 rings (SSSR count). The van der Waals surface area contributed by atoms with Crippen LogP contribution in [0.5, 0.6) is 0 Å². The summed E-state index contributed by atoms with van der Waals surface area (Å²) in [7, 11) is 0. The van der Waals surface area contributed by atoms with Crippen molar-refractivity contribution in [3.8, 4) is 0 Å². The Morgan fingerprint density at radius 3 is 2.44 bits per heavy atom. The van der Waals surface area contributed by atoms with E-state index < -0.39 is 0 Å². The maximum atomic E-state index is 5.85. The molecule has 0 radical (unpaired) electrons. The zero-order valence-corrected chi connectivity index (χ0v) is 9.71. The number of rotatable bonds is 5. The minimum Gasteiger partial charge on any atom is -0.322 e. The van der Waals surface area contributed by atoms with Crippen LogP contribution >= 0.6 is 0 Å². The summed E-state index contributed by atoms with van der Waals surface area (Å²) in [4.78, 5) is 0. The van der Waals surface area contributed by atoms with Crippen LogP contribution in [0.2, 0.25) is 0 Å². The molecular formula is C11H19N5. The van der Waals surface area contributed by atoms with E-state index in [1.54, 1.807) is 0 Å². The van der Waals surface area contributed by atoms with Crippen LogP contribution in [0.3, 0.4) is 0 Å². The first-order valence-corrected chi connectivity index (χ1v) is 6.27. The third kappa shape index (κ3) is 1.96. The highest BCUT2D eigenvalue weighted by Gasteiger charge is 2.41. The minimum atomic E-state index is -0.0749. The Labute approximate surface area is 95.4 Å². The predicted octanol–water partition coefficient (Wildman–Crippen LogP) is 1.13. The van der Waals surface area contributed by atoms with E-state index in [4.69, 9.17) is 5.73 Å². The predicted molar refractivity (Wildman–Crippen MR) is 59.4 cm³/mol. The topological polar surface area (TPSA) is 69.6 Å². The van der Waals surface area contributed by atoms with Crippen LogP contribution in [0.25, 0.3) is 0 Å². The normalized spacial score (nSPS) is 22.7. The molecule has 2 fully saturated rings. The van der Waals surface area contributed by atoms with Crippen molar-refractivity contribution in [3.05, 3.63) is 5.82 Å². The maximum Gasteiger partial charge on any atom is 0.167 e. The number of nitrogens with zero attached hydrogens (tertiary/aromatic N) is 4. The standard InChI is InChI=1S/C11H19N5/c1-7(12)11-13-14-15-16(11)6-10(8-2-3-8)9-4-5-9/h7-10H,2-6,12H2,1H3. The molecule has 2 aliphatic rings. The summed E-state index contributed by atoms with van der Waals surface area (Å²) < 4.78 is 1.92. The van der Waals surface area contributed by atoms with Gasteiger partial charge in [0.25, 0.3) is 0 Å². The summed E-state index contributed by atoms with van der Waals surface area (Å²) in [5.74, 6) is 3.47. The van der Waals surface area contributed by atoms with Crippen LogP contribution in [0, 0.1) is 17.8 Å². The van der Waals surface area contributed by atoms with Gasteiger partial charge in [0.15, 0.2) is 5.82 Å². The zero-order chi connectivity index (χ0) is 11.1. The number of tetrazole rings is 1. The molecule has 0 aliphatic heterocycles. The zero-order valence-electron chi connectivity index (χ0n) is 9.71. The van der Waals surface area contributed by atoms with Gasteiger partial charge in [0.1, 0.15) is 0 Å². The molecular weight excluding hydrogens is 202 g/mol. The lowest BCUT2D eigenvalue weighted by Gasteiger charge is -2.16. The van der Waals surface area contributed by atoms with Gasteiger partial charge in [-0.15, -0.1) is 5.10 Å². The van der Waals surface area contributed by atoms with Crippen molar-refractivity contribution in [2.24, 2.45) is 23.5 Å². The van der Waals surface area contributed by atoms with Gasteiger partial charge in [-0.2, -0.15) is 0 Å². The van der Waals surface area contributed by atoms with Gasteiger partial charge in [-0.05, 0) is 60.8 Å². The minimum absolute atomic E-state index is 0.0749. The third-order valence-electron chi connectivity index (χ3n) is 3.81. The molecule has 0 aromatic carbocycles. The molecule has 0 amide bonds. The average molecular weight is 221 g/mol. The highest BCUT2D eigenvalue weighted by atomic mass is 15.5. The van der Waals surface area contributed by atoms with Gasteiger partial charge in [-0.25, -0.2) is 4.68 Å². The molecule has 88 valence electrons. The maximum absolute atomic E-state index is 5.85. The Bertz CT molecular complexity index is 352. The van der Waals surface area contributed by atoms with Gasteiger partial charge in [0, 0.05) is 6.54 Å². The number of nitrogens with two attached hydrogens (primary N) is 1. The largest absolute Gasteiger partial charge is 0.322 e. The van der Waals surface area contributed by atoms with Gasteiger partial charge in [0.05, 0.1) is 6.04 Å². The van der Waals surface area contributed by atoms with E-state index in [2.05, 4.69) is 15.5 Å². The SMILES string of the molecule is CC(N)c1nnnn1CC(C1CC1)C1CC1. The Kier molecular flexibility index (Phi) is 2.42. The highest BCUT2D eigenvalue weighted by molar-refractivity contribution is 4.94. The molecule has 16 heavy (non-hydrogen) atoms. The molecule has 5 nitrogen and oxygen atoms in total. The second-order valence-electron chi connectivity index (χ2n) is 5.35. The van der Waals surface area contributed by atoms with Gasteiger partial charge in [0.2, 0.25) is 0 Å². The van der Waals surface area contributed by atoms with Crippen LogP contribution in [0.4, 0.5) is 0 Å². The first-order chi connectivity index (χ1) is 7.75. The molecule has 2 aliphatic carbocycles. The molecule has 1 aromatic heterocycles. The molecule has 5 heteroatoms. The molecule has 1 unspecified atom stereocenters. The van der Waals surface area contributed by atoms with E-state index in [1.807, 2.05) is 11.6 Å².